The summed E-state index contributed by atoms with van der Waals surface area (Å²) in [6.07, 6.45) is -0.539. The van der Waals surface area contributed by atoms with Crippen LogP contribution in [0.2, 0.25) is 0 Å². The second-order valence-corrected chi connectivity index (χ2v) is 4.34. The number of hydrogen-bond donors (Lipinski definition) is 3. The maximum atomic E-state index is 11.4. The van der Waals surface area contributed by atoms with Crippen molar-refractivity contribution < 1.29 is 14.7 Å². The Kier molecular flexibility index (Phi) is 1.82. The molecule has 3 N–H and O–H groups in total. The highest BCUT2D eigenvalue weighted by atomic mass is 16.3. The summed E-state index contributed by atoms with van der Waals surface area (Å²) in [5.74, 6) is -0.496. The van der Waals surface area contributed by atoms with Crippen molar-refractivity contribution >= 4 is 11.8 Å². The summed E-state index contributed by atoms with van der Waals surface area (Å²) in [6.45, 7) is 3.65. The van der Waals surface area contributed by atoms with E-state index in [2.05, 4.69) is 10.6 Å². The van der Waals surface area contributed by atoms with Crippen molar-refractivity contribution in [3.05, 3.63) is 0 Å². The molecule has 0 bridgehead atoms. The van der Waals surface area contributed by atoms with Crippen LogP contribution in [0.1, 0.15) is 20.3 Å². The van der Waals surface area contributed by atoms with E-state index in [1.165, 1.54) is 0 Å². The minimum atomic E-state index is -1.05. The first kappa shape index (κ1) is 9.45. The lowest BCUT2D eigenvalue weighted by Crippen LogP contribution is -2.80. The number of hydrogen-bond acceptors (Lipinski definition) is 3. The molecule has 0 saturated carbocycles. The van der Waals surface area contributed by atoms with Gasteiger partial charge in [-0.1, -0.05) is 13.8 Å². The molecule has 0 radical (unpaired) electrons. The van der Waals surface area contributed by atoms with Crippen LogP contribution >= 0.6 is 0 Å². The first-order valence-corrected chi connectivity index (χ1v) is 4.78. The van der Waals surface area contributed by atoms with Gasteiger partial charge >= 0.3 is 0 Å². The molecule has 5 nitrogen and oxygen atoms in total. The number of aliphatic hydroxyl groups excluding tert-OH is 1. The molecular weight excluding hydrogens is 184 g/mol. The van der Waals surface area contributed by atoms with Crippen LogP contribution in [-0.4, -0.2) is 34.6 Å². The molecule has 0 spiro atoms. The third kappa shape index (κ3) is 0.930. The second-order valence-electron chi connectivity index (χ2n) is 4.34. The van der Waals surface area contributed by atoms with Crippen LogP contribution in [0.4, 0.5) is 0 Å². The van der Waals surface area contributed by atoms with Crippen molar-refractivity contribution in [3.8, 4) is 0 Å². The molecule has 78 valence electrons. The van der Waals surface area contributed by atoms with E-state index < -0.39 is 11.6 Å². The van der Waals surface area contributed by atoms with Crippen LogP contribution < -0.4 is 10.6 Å². The zero-order chi connectivity index (χ0) is 10.5. The molecule has 2 aliphatic heterocycles. The van der Waals surface area contributed by atoms with Crippen LogP contribution in [0.25, 0.3) is 0 Å². The van der Waals surface area contributed by atoms with Gasteiger partial charge < -0.3 is 15.7 Å². The van der Waals surface area contributed by atoms with Crippen molar-refractivity contribution in [2.75, 3.05) is 0 Å². The van der Waals surface area contributed by atoms with Gasteiger partial charge in [-0.2, -0.15) is 0 Å². The maximum Gasteiger partial charge on any atom is 0.250 e. The van der Waals surface area contributed by atoms with E-state index in [1.54, 1.807) is 0 Å². The quantitative estimate of drug-likeness (QED) is 0.486. The molecule has 3 atom stereocenters. The summed E-state index contributed by atoms with van der Waals surface area (Å²) < 4.78 is 0. The summed E-state index contributed by atoms with van der Waals surface area (Å²) in [4.78, 5) is 22.6. The van der Waals surface area contributed by atoms with Crippen molar-refractivity contribution in [1.82, 2.24) is 10.6 Å². The Morgan fingerprint density at radius 2 is 2.14 bits per heavy atom. The van der Waals surface area contributed by atoms with E-state index in [0.29, 0.717) is 0 Å². The molecule has 2 aliphatic rings. The molecule has 2 amide bonds. The van der Waals surface area contributed by atoms with Crippen LogP contribution in [0.3, 0.4) is 0 Å². The Bertz CT molecular complexity index is 302. The van der Waals surface area contributed by atoms with Crippen molar-refractivity contribution in [3.63, 3.8) is 0 Å². The topological polar surface area (TPSA) is 78.4 Å². The average molecular weight is 198 g/mol. The van der Waals surface area contributed by atoms with Crippen LogP contribution in [-0.2, 0) is 9.59 Å². The molecular formula is C9H14N2O3. The first-order valence-electron chi connectivity index (χ1n) is 4.78. The number of amides is 2. The van der Waals surface area contributed by atoms with Crippen LogP contribution in [0.15, 0.2) is 0 Å². The molecule has 5 heteroatoms. The highest BCUT2D eigenvalue weighted by molar-refractivity contribution is 6.03. The molecule has 2 saturated heterocycles. The predicted molar refractivity (Wildman–Crippen MR) is 48.3 cm³/mol. The second kappa shape index (κ2) is 2.70. The number of fused-ring (bicyclic) bond motifs is 1. The van der Waals surface area contributed by atoms with Gasteiger partial charge in [0.1, 0.15) is 0 Å². The summed E-state index contributed by atoms with van der Waals surface area (Å²) in [5.41, 5.74) is -1.05. The fourth-order valence-corrected chi connectivity index (χ4v) is 2.24. The third-order valence-corrected chi connectivity index (χ3v) is 3.06. The predicted octanol–water partition coefficient (Wildman–Crippen LogP) is -1.24. The Hall–Kier alpha value is -1.10. The zero-order valence-corrected chi connectivity index (χ0v) is 8.20. The maximum absolute atomic E-state index is 11.4. The lowest BCUT2D eigenvalue weighted by Gasteiger charge is -2.47. The van der Waals surface area contributed by atoms with E-state index in [4.69, 9.17) is 0 Å². The normalized spacial score (nSPS) is 37.3. The molecule has 2 fully saturated rings. The van der Waals surface area contributed by atoms with Crippen molar-refractivity contribution in [1.29, 1.82) is 0 Å². The van der Waals surface area contributed by atoms with Gasteiger partial charge in [0.05, 0.1) is 12.1 Å². The van der Waals surface area contributed by atoms with Gasteiger partial charge in [-0.05, 0) is 5.92 Å². The minimum absolute atomic E-state index is 0.0537. The Balaban J connectivity index is 2.28. The highest BCUT2D eigenvalue weighted by Crippen LogP contribution is 2.35. The minimum Gasteiger partial charge on any atom is -0.390 e. The smallest absolute Gasteiger partial charge is 0.250 e. The lowest BCUT2D eigenvalue weighted by atomic mass is 9.74. The summed E-state index contributed by atoms with van der Waals surface area (Å²) in [7, 11) is 0. The molecule has 0 aromatic rings. The van der Waals surface area contributed by atoms with Gasteiger partial charge in [-0.3, -0.25) is 9.59 Å². The molecule has 14 heavy (non-hydrogen) atoms. The van der Waals surface area contributed by atoms with Crippen LogP contribution in [0.5, 0.6) is 0 Å². The Morgan fingerprint density at radius 3 is 2.57 bits per heavy atom. The summed E-state index contributed by atoms with van der Waals surface area (Å²) in [6, 6.07) is -0.236. The molecule has 2 rings (SSSR count). The monoisotopic (exact) mass is 198 g/mol. The van der Waals surface area contributed by atoms with Crippen molar-refractivity contribution in [2.45, 2.75) is 38.0 Å². The van der Waals surface area contributed by atoms with E-state index >= 15 is 0 Å². The van der Waals surface area contributed by atoms with Gasteiger partial charge in [0.25, 0.3) is 5.91 Å². The Labute approximate surface area is 81.9 Å². The fourth-order valence-electron chi connectivity index (χ4n) is 2.24. The molecule has 2 heterocycles. The van der Waals surface area contributed by atoms with Gasteiger partial charge in [0.15, 0.2) is 5.54 Å². The van der Waals surface area contributed by atoms with Gasteiger partial charge in [-0.25, -0.2) is 0 Å². The van der Waals surface area contributed by atoms with Crippen LogP contribution in [0, 0.1) is 5.92 Å². The van der Waals surface area contributed by atoms with E-state index in [1.807, 2.05) is 13.8 Å². The standard InChI is InChI=1S/C9H14N2O3/c1-4(2)7(13)9-5(10-8(9)14)3-6(12)11-9/h4-5,7,13H,3H2,1-2H3,(H,10,14)(H,11,12). The SMILES string of the molecule is CC(C)C(O)C12NC(=O)CC1NC2=O. The molecule has 0 aromatic heterocycles. The van der Waals surface area contributed by atoms with Gasteiger partial charge in [0.2, 0.25) is 5.91 Å². The number of aliphatic hydroxyl groups is 1. The number of carbonyl (C=O) groups is 2. The Morgan fingerprint density at radius 1 is 1.50 bits per heavy atom. The van der Waals surface area contributed by atoms with E-state index in [-0.39, 0.29) is 30.2 Å². The van der Waals surface area contributed by atoms with E-state index in [9.17, 15) is 14.7 Å². The van der Waals surface area contributed by atoms with E-state index in [0.717, 1.165) is 0 Å². The van der Waals surface area contributed by atoms with Gasteiger partial charge in [-0.15, -0.1) is 0 Å². The first-order chi connectivity index (χ1) is 6.48. The highest BCUT2D eigenvalue weighted by Gasteiger charge is 2.65. The molecule has 3 unspecified atom stereocenters. The number of nitrogens with one attached hydrogen (secondary N) is 2. The number of carbonyl (C=O) groups excluding carboxylic acids is 2. The van der Waals surface area contributed by atoms with Crippen molar-refractivity contribution in [2.24, 2.45) is 5.92 Å². The fraction of sp³-hybridized carbons (Fsp3) is 0.778. The number of rotatable bonds is 2. The summed E-state index contributed by atoms with van der Waals surface area (Å²) >= 11 is 0. The largest absolute Gasteiger partial charge is 0.390 e. The molecule has 0 aliphatic carbocycles. The number of β-lactam (4-membered cyclic amide) rings is 1. The lowest BCUT2D eigenvalue weighted by molar-refractivity contribution is -0.148. The third-order valence-electron chi connectivity index (χ3n) is 3.06. The average Bonchev–Trinajstić information content (AvgIpc) is 2.37. The zero-order valence-electron chi connectivity index (χ0n) is 8.20. The molecule has 0 aromatic carbocycles. The van der Waals surface area contributed by atoms with Gasteiger partial charge in [0, 0.05) is 6.42 Å². The summed E-state index contributed by atoms with van der Waals surface area (Å²) in [5, 5.41) is 15.1.